The van der Waals surface area contributed by atoms with Crippen molar-refractivity contribution in [2.75, 3.05) is 20.3 Å². The normalized spacial score (nSPS) is 13.4. The highest BCUT2D eigenvalue weighted by molar-refractivity contribution is 5.81. The van der Waals surface area contributed by atoms with Crippen molar-refractivity contribution in [3.63, 3.8) is 0 Å². The fourth-order valence-electron chi connectivity index (χ4n) is 1.78. The van der Waals surface area contributed by atoms with Gasteiger partial charge in [0.25, 0.3) is 0 Å². The van der Waals surface area contributed by atoms with Crippen LogP contribution < -0.4 is 11.1 Å². The number of carbonyl (C=O) groups is 1. The predicted octanol–water partition coefficient (Wildman–Crippen LogP) is 2.07. The number of rotatable bonds is 10. The summed E-state index contributed by atoms with van der Waals surface area (Å²) in [6.07, 6.45) is 5.40. The molecule has 0 aliphatic carbocycles. The lowest BCUT2D eigenvalue weighted by Gasteiger charge is -2.25. The molecule has 0 bridgehead atoms. The molecule has 0 aromatic heterocycles. The van der Waals surface area contributed by atoms with Gasteiger partial charge in [0, 0.05) is 20.3 Å². The molecule has 0 aromatic rings. The average Bonchev–Trinajstić information content (AvgIpc) is 2.33. The summed E-state index contributed by atoms with van der Waals surface area (Å²) in [6, 6.07) is -0.462. The van der Waals surface area contributed by atoms with Crippen molar-refractivity contribution in [2.24, 2.45) is 11.1 Å². The van der Waals surface area contributed by atoms with Crippen LogP contribution in [0.2, 0.25) is 0 Å². The second-order valence-electron chi connectivity index (χ2n) is 5.73. The Balaban J connectivity index is 3.87. The molecule has 0 saturated carbocycles. The Hall–Kier alpha value is -0.610. The van der Waals surface area contributed by atoms with Gasteiger partial charge in [-0.25, -0.2) is 0 Å². The quantitative estimate of drug-likeness (QED) is 0.590. The van der Waals surface area contributed by atoms with Crippen LogP contribution in [-0.4, -0.2) is 32.2 Å². The van der Waals surface area contributed by atoms with Crippen molar-refractivity contribution in [1.29, 1.82) is 0 Å². The Morgan fingerprint density at radius 2 is 2.06 bits per heavy atom. The van der Waals surface area contributed by atoms with E-state index in [2.05, 4.69) is 26.1 Å². The first kappa shape index (κ1) is 17.4. The highest BCUT2D eigenvalue weighted by Crippen LogP contribution is 2.22. The van der Waals surface area contributed by atoms with Crippen LogP contribution in [0.15, 0.2) is 0 Å². The number of hydrogen-bond acceptors (Lipinski definition) is 3. The second-order valence-corrected chi connectivity index (χ2v) is 5.73. The first-order valence-corrected chi connectivity index (χ1v) is 6.95. The van der Waals surface area contributed by atoms with Gasteiger partial charge in [0.15, 0.2) is 0 Å². The van der Waals surface area contributed by atoms with E-state index in [9.17, 15) is 4.79 Å². The van der Waals surface area contributed by atoms with Crippen LogP contribution in [0.25, 0.3) is 0 Å². The van der Waals surface area contributed by atoms with E-state index < -0.39 is 6.04 Å². The van der Waals surface area contributed by atoms with Crippen LogP contribution in [0.5, 0.6) is 0 Å². The Bertz CT molecular complexity index is 230. The number of hydrogen-bond donors (Lipinski definition) is 2. The number of amides is 1. The third-order valence-corrected chi connectivity index (χ3v) is 3.17. The number of unbranched alkanes of at least 4 members (excludes halogenated alkanes) is 2. The molecule has 0 radical (unpaired) electrons. The number of carbonyl (C=O) groups excluding carboxylic acids is 1. The van der Waals surface area contributed by atoms with Crippen LogP contribution >= 0.6 is 0 Å². The number of nitrogens with two attached hydrogens (primary N) is 1. The first-order valence-electron chi connectivity index (χ1n) is 6.95. The van der Waals surface area contributed by atoms with Crippen molar-refractivity contribution in [1.82, 2.24) is 5.32 Å². The maximum atomic E-state index is 11.7. The van der Waals surface area contributed by atoms with Gasteiger partial charge in [-0.15, -0.1) is 0 Å². The molecule has 4 nitrogen and oxygen atoms in total. The molecule has 1 atom stereocenters. The molecule has 0 saturated heterocycles. The van der Waals surface area contributed by atoms with E-state index in [1.807, 2.05) is 0 Å². The summed E-state index contributed by atoms with van der Waals surface area (Å²) in [7, 11) is 1.61. The van der Waals surface area contributed by atoms with Gasteiger partial charge >= 0.3 is 0 Å². The molecular formula is C14H30N2O2. The molecule has 0 fully saturated rings. The molecule has 0 rings (SSSR count). The number of ether oxygens (including phenoxy) is 1. The van der Waals surface area contributed by atoms with Crippen molar-refractivity contribution in [2.45, 2.75) is 58.9 Å². The van der Waals surface area contributed by atoms with Crippen molar-refractivity contribution in [3.8, 4) is 0 Å². The van der Waals surface area contributed by atoms with E-state index >= 15 is 0 Å². The highest BCUT2D eigenvalue weighted by atomic mass is 16.5. The third kappa shape index (κ3) is 8.48. The van der Waals surface area contributed by atoms with Gasteiger partial charge < -0.3 is 15.8 Å². The second kappa shape index (κ2) is 9.34. The zero-order valence-electron chi connectivity index (χ0n) is 12.4. The van der Waals surface area contributed by atoms with E-state index in [4.69, 9.17) is 10.5 Å². The Morgan fingerprint density at radius 3 is 2.61 bits per heavy atom. The summed E-state index contributed by atoms with van der Waals surface area (Å²) < 4.78 is 4.91. The van der Waals surface area contributed by atoms with E-state index in [1.165, 1.54) is 19.3 Å². The summed E-state index contributed by atoms with van der Waals surface area (Å²) in [5, 5.41) is 2.94. The van der Waals surface area contributed by atoms with Gasteiger partial charge in [-0.2, -0.15) is 0 Å². The molecule has 4 heteroatoms. The fraction of sp³-hybridized carbons (Fsp3) is 0.929. The molecule has 18 heavy (non-hydrogen) atoms. The number of nitrogens with one attached hydrogen (secondary N) is 1. The molecule has 108 valence electrons. The molecule has 0 heterocycles. The molecule has 0 aliphatic heterocycles. The lowest BCUT2D eigenvalue weighted by molar-refractivity contribution is -0.123. The zero-order chi connectivity index (χ0) is 14.0. The van der Waals surface area contributed by atoms with Crippen LogP contribution in [0.4, 0.5) is 0 Å². The van der Waals surface area contributed by atoms with Gasteiger partial charge in [0.1, 0.15) is 0 Å². The molecule has 0 aliphatic rings. The van der Waals surface area contributed by atoms with Gasteiger partial charge in [-0.3, -0.25) is 4.79 Å². The van der Waals surface area contributed by atoms with Crippen molar-refractivity contribution in [3.05, 3.63) is 0 Å². The Kier molecular flexibility index (Phi) is 9.02. The van der Waals surface area contributed by atoms with Gasteiger partial charge in [-0.1, -0.05) is 40.0 Å². The topological polar surface area (TPSA) is 64.4 Å². The molecule has 0 spiro atoms. The van der Waals surface area contributed by atoms with E-state index in [-0.39, 0.29) is 11.3 Å². The molecule has 3 N–H and O–H groups in total. The van der Waals surface area contributed by atoms with Crippen molar-refractivity contribution < 1.29 is 9.53 Å². The molecule has 0 aromatic carbocycles. The van der Waals surface area contributed by atoms with E-state index in [0.717, 1.165) is 6.42 Å². The van der Waals surface area contributed by atoms with Crippen LogP contribution in [0.1, 0.15) is 52.9 Å². The van der Waals surface area contributed by atoms with Crippen LogP contribution in [-0.2, 0) is 9.53 Å². The average molecular weight is 258 g/mol. The van der Waals surface area contributed by atoms with Gasteiger partial charge in [-0.05, 0) is 18.3 Å². The van der Waals surface area contributed by atoms with Crippen molar-refractivity contribution >= 4 is 5.91 Å². The largest absolute Gasteiger partial charge is 0.385 e. The lowest BCUT2D eigenvalue weighted by Crippen LogP contribution is -2.44. The first-order chi connectivity index (χ1) is 8.43. The maximum Gasteiger partial charge on any atom is 0.237 e. The lowest BCUT2D eigenvalue weighted by atomic mass is 9.87. The number of methoxy groups -OCH3 is 1. The zero-order valence-corrected chi connectivity index (χ0v) is 12.4. The minimum absolute atomic E-state index is 0.0735. The SMILES string of the molecule is CCCCCC(C)(C)CNC(=O)C(N)CCOC. The van der Waals surface area contributed by atoms with Crippen LogP contribution in [0, 0.1) is 5.41 Å². The fourth-order valence-corrected chi connectivity index (χ4v) is 1.78. The monoisotopic (exact) mass is 258 g/mol. The van der Waals surface area contributed by atoms with Crippen LogP contribution in [0.3, 0.4) is 0 Å². The van der Waals surface area contributed by atoms with E-state index in [1.54, 1.807) is 7.11 Å². The highest BCUT2D eigenvalue weighted by Gasteiger charge is 2.20. The molecule has 1 unspecified atom stereocenters. The van der Waals surface area contributed by atoms with Gasteiger partial charge in [0.2, 0.25) is 5.91 Å². The summed E-state index contributed by atoms with van der Waals surface area (Å²) in [5.74, 6) is -0.0735. The molecule has 1 amide bonds. The van der Waals surface area contributed by atoms with Gasteiger partial charge in [0.05, 0.1) is 6.04 Å². The van der Waals surface area contributed by atoms with E-state index in [0.29, 0.717) is 19.6 Å². The maximum absolute atomic E-state index is 11.7. The summed E-state index contributed by atoms with van der Waals surface area (Å²) in [6.45, 7) is 7.78. The molecular weight excluding hydrogens is 228 g/mol. The minimum atomic E-state index is -0.462. The smallest absolute Gasteiger partial charge is 0.237 e. The standard InChI is InChI=1S/C14H30N2O2/c1-5-6-7-9-14(2,3)11-16-13(17)12(15)8-10-18-4/h12H,5-11,15H2,1-4H3,(H,16,17). The summed E-state index contributed by atoms with van der Waals surface area (Å²) >= 11 is 0. The summed E-state index contributed by atoms with van der Waals surface area (Å²) in [4.78, 5) is 11.7. The minimum Gasteiger partial charge on any atom is -0.385 e. The summed E-state index contributed by atoms with van der Waals surface area (Å²) in [5.41, 5.74) is 5.91. The third-order valence-electron chi connectivity index (χ3n) is 3.17. The Labute approximate surface area is 112 Å². The predicted molar refractivity (Wildman–Crippen MR) is 75.4 cm³/mol. The Morgan fingerprint density at radius 1 is 1.39 bits per heavy atom.